The Bertz CT molecular complexity index is 614. The first-order chi connectivity index (χ1) is 8.41. The Morgan fingerprint density at radius 3 is 2.78 bits per heavy atom. The van der Waals surface area contributed by atoms with Crippen LogP contribution in [0.25, 0.3) is 0 Å². The van der Waals surface area contributed by atoms with Crippen molar-refractivity contribution in [3.05, 3.63) is 23.5 Å². The van der Waals surface area contributed by atoms with E-state index in [0.29, 0.717) is 12.8 Å². The molecule has 0 radical (unpaired) electrons. The largest absolute Gasteiger partial charge is 0.344 e. The summed E-state index contributed by atoms with van der Waals surface area (Å²) in [4.78, 5) is 11.8. The van der Waals surface area contributed by atoms with Gasteiger partial charge in [-0.2, -0.15) is 0 Å². The van der Waals surface area contributed by atoms with Crippen LogP contribution in [-0.4, -0.2) is 30.3 Å². The van der Waals surface area contributed by atoms with Crippen molar-refractivity contribution in [2.24, 2.45) is 0 Å². The molecule has 1 aromatic heterocycles. The fraction of sp³-hybridized carbons (Fsp3) is 0.615. The predicted octanol–water partition coefficient (Wildman–Crippen LogP) is 1.54. The molecule has 0 bridgehead atoms. The Labute approximate surface area is 107 Å². The maximum atomic E-state index is 11.8. The highest BCUT2D eigenvalue weighted by atomic mass is 32.2. The van der Waals surface area contributed by atoms with Crippen LogP contribution in [0, 0.1) is 0 Å². The molecule has 1 atom stereocenters. The molecular formula is C13H17NO3S. The van der Waals surface area contributed by atoms with Crippen LogP contribution in [0.3, 0.4) is 0 Å². The van der Waals surface area contributed by atoms with Gasteiger partial charge in [0.25, 0.3) is 0 Å². The highest BCUT2D eigenvalue weighted by Crippen LogP contribution is 2.35. The van der Waals surface area contributed by atoms with E-state index in [1.807, 2.05) is 23.8 Å². The summed E-state index contributed by atoms with van der Waals surface area (Å²) in [7, 11) is -2.93. The zero-order chi connectivity index (χ0) is 13.0. The zero-order valence-corrected chi connectivity index (χ0v) is 11.3. The van der Waals surface area contributed by atoms with E-state index >= 15 is 0 Å². The van der Waals surface area contributed by atoms with E-state index in [4.69, 9.17) is 0 Å². The number of aromatic nitrogens is 1. The Hall–Kier alpha value is -1.10. The van der Waals surface area contributed by atoms with Crippen molar-refractivity contribution < 1.29 is 13.2 Å². The number of hydrogen-bond acceptors (Lipinski definition) is 3. The quantitative estimate of drug-likeness (QED) is 0.775. The summed E-state index contributed by atoms with van der Waals surface area (Å²) in [6, 6.07) is 1.85. The lowest BCUT2D eigenvalue weighted by molar-refractivity contribution is 0.0971. The number of hydrogen-bond donors (Lipinski definition) is 0. The molecule has 1 fully saturated rings. The first-order valence-corrected chi connectivity index (χ1v) is 8.18. The van der Waals surface area contributed by atoms with Gasteiger partial charge in [0.1, 0.15) is 0 Å². The van der Waals surface area contributed by atoms with E-state index in [2.05, 4.69) is 0 Å². The van der Waals surface area contributed by atoms with Gasteiger partial charge in [-0.15, -0.1) is 0 Å². The molecule has 0 aromatic carbocycles. The van der Waals surface area contributed by atoms with Gasteiger partial charge in [0, 0.05) is 23.9 Å². The molecule has 18 heavy (non-hydrogen) atoms. The van der Waals surface area contributed by atoms with Crippen LogP contribution in [0.5, 0.6) is 0 Å². The molecule has 3 rings (SSSR count). The number of carbonyl (C=O) groups excluding carboxylic acids is 1. The van der Waals surface area contributed by atoms with Crippen LogP contribution in [-0.2, 0) is 21.8 Å². The minimum absolute atomic E-state index is 0.190. The van der Waals surface area contributed by atoms with Gasteiger partial charge in [-0.1, -0.05) is 0 Å². The van der Waals surface area contributed by atoms with Gasteiger partial charge >= 0.3 is 0 Å². The first kappa shape index (κ1) is 12.0. The van der Waals surface area contributed by atoms with Crippen molar-refractivity contribution in [2.45, 2.75) is 38.1 Å². The van der Waals surface area contributed by atoms with E-state index < -0.39 is 9.84 Å². The summed E-state index contributed by atoms with van der Waals surface area (Å²) in [5.41, 5.74) is 1.46. The molecule has 1 aromatic rings. The summed E-state index contributed by atoms with van der Waals surface area (Å²) in [6.07, 6.45) is 4.91. The second kappa shape index (κ2) is 3.70. The van der Waals surface area contributed by atoms with E-state index in [0.717, 1.165) is 24.1 Å². The summed E-state index contributed by atoms with van der Waals surface area (Å²) in [5, 5.41) is 0. The van der Waals surface area contributed by atoms with Crippen molar-refractivity contribution in [1.82, 2.24) is 4.57 Å². The van der Waals surface area contributed by atoms with Gasteiger partial charge in [-0.25, -0.2) is 8.42 Å². The normalized spacial score (nSPS) is 30.4. The fourth-order valence-corrected chi connectivity index (χ4v) is 5.34. The lowest BCUT2D eigenvalue weighted by atomic mass is 9.94. The summed E-state index contributed by atoms with van der Waals surface area (Å²) in [5.74, 6) is 0.638. The third kappa shape index (κ3) is 1.72. The van der Waals surface area contributed by atoms with Crippen LogP contribution in [0.4, 0.5) is 0 Å². The molecular weight excluding hydrogens is 250 g/mol. The monoisotopic (exact) mass is 267 g/mol. The predicted molar refractivity (Wildman–Crippen MR) is 68.6 cm³/mol. The minimum Gasteiger partial charge on any atom is -0.344 e. The number of fused-ring (bicyclic) bond motifs is 1. The SMILES string of the molecule is CC1(n2ccc3c2CCCC3=O)CCS(=O)(=O)C1. The number of sulfone groups is 1. The number of nitrogens with zero attached hydrogens (tertiary/aromatic N) is 1. The van der Waals surface area contributed by atoms with Crippen LogP contribution in [0.15, 0.2) is 12.3 Å². The smallest absolute Gasteiger partial charge is 0.164 e. The van der Waals surface area contributed by atoms with E-state index in [1.54, 1.807) is 0 Å². The molecule has 2 heterocycles. The van der Waals surface area contributed by atoms with Gasteiger partial charge in [0.15, 0.2) is 15.6 Å². The summed E-state index contributed by atoms with van der Waals surface area (Å²) in [6.45, 7) is 1.98. The van der Waals surface area contributed by atoms with E-state index in [-0.39, 0.29) is 22.8 Å². The third-order valence-electron chi connectivity index (χ3n) is 4.17. The maximum absolute atomic E-state index is 11.8. The molecule has 4 nitrogen and oxygen atoms in total. The third-order valence-corrected chi connectivity index (χ3v) is 6.06. The van der Waals surface area contributed by atoms with Crippen molar-refractivity contribution in [1.29, 1.82) is 0 Å². The molecule has 5 heteroatoms. The molecule has 98 valence electrons. The number of rotatable bonds is 1. The van der Waals surface area contributed by atoms with Crippen molar-refractivity contribution in [3.63, 3.8) is 0 Å². The van der Waals surface area contributed by atoms with Crippen molar-refractivity contribution in [2.75, 3.05) is 11.5 Å². The second-order valence-electron chi connectivity index (χ2n) is 5.66. The summed E-state index contributed by atoms with van der Waals surface area (Å²) >= 11 is 0. The Balaban J connectivity index is 2.06. The van der Waals surface area contributed by atoms with Gasteiger partial charge < -0.3 is 4.57 Å². The fourth-order valence-electron chi connectivity index (χ4n) is 3.21. The molecule has 1 aliphatic heterocycles. The number of Topliss-reactive ketones (excluding diaryl/α,β-unsaturated/α-hetero) is 1. The van der Waals surface area contributed by atoms with Crippen molar-refractivity contribution >= 4 is 15.6 Å². The molecule has 0 N–H and O–H groups in total. The maximum Gasteiger partial charge on any atom is 0.164 e. The van der Waals surface area contributed by atoms with Crippen molar-refractivity contribution in [3.8, 4) is 0 Å². The zero-order valence-electron chi connectivity index (χ0n) is 10.5. The molecule has 0 spiro atoms. The highest BCUT2D eigenvalue weighted by molar-refractivity contribution is 7.91. The lowest BCUT2D eigenvalue weighted by Crippen LogP contribution is -2.33. The van der Waals surface area contributed by atoms with Crippen LogP contribution in [0.1, 0.15) is 42.2 Å². The topological polar surface area (TPSA) is 56.1 Å². The van der Waals surface area contributed by atoms with E-state index in [1.165, 1.54) is 0 Å². The molecule has 0 amide bonds. The van der Waals surface area contributed by atoms with Crippen LogP contribution in [0.2, 0.25) is 0 Å². The lowest BCUT2D eigenvalue weighted by Gasteiger charge is -2.29. The van der Waals surface area contributed by atoms with E-state index in [9.17, 15) is 13.2 Å². The standard InChI is InChI=1S/C13H17NO3S/c1-13(6-8-18(16,17)9-13)14-7-5-10-11(14)3-2-4-12(10)15/h5,7H,2-4,6,8-9H2,1H3. The highest BCUT2D eigenvalue weighted by Gasteiger charge is 2.41. The molecule has 0 saturated carbocycles. The molecule has 1 saturated heterocycles. The average molecular weight is 267 g/mol. The Morgan fingerprint density at radius 2 is 2.11 bits per heavy atom. The average Bonchev–Trinajstić information content (AvgIpc) is 2.82. The first-order valence-electron chi connectivity index (χ1n) is 6.36. The number of ketones is 1. The van der Waals surface area contributed by atoms with Gasteiger partial charge in [-0.05, 0) is 32.3 Å². The van der Waals surface area contributed by atoms with Gasteiger partial charge in [0.05, 0.1) is 17.0 Å². The Morgan fingerprint density at radius 1 is 1.33 bits per heavy atom. The molecule has 2 aliphatic rings. The molecule has 1 aliphatic carbocycles. The van der Waals surface area contributed by atoms with Crippen LogP contribution >= 0.6 is 0 Å². The summed E-state index contributed by atoms with van der Waals surface area (Å²) < 4.78 is 25.4. The van der Waals surface area contributed by atoms with Gasteiger partial charge in [0.2, 0.25) is 0 Å². The van der Waals surface area contributed by atoms with Crippen LogP contribution < -0.4 is 0 Å². The Kier molecular flexibility index (Phi) is 2.46. The molecule has 1 unspecified atom stereocenters. The second-order valence-corrected chi connectivity index (χ2v) is 7.85. The number of carbonyl (C=O) groups is 1. The minimum atomic E-state index is -2.93. The van der Waals surface area contributed by atoms with Gasteiger partial charge in [-0.3, -0.25) is 4.79 Å².